The summed E-state index contributed by atoms with van der Waals surface area (Å²) in [4.78, 5) is 28.5. The van der Waals surface area contributed by atoms with E-state index in [4.69, 9.17) is 9.47 Å². The van der Waals surface area contributed by atoms with E-state index in [1.807, 2.05) is 21.9 Å². The molecule has 4 rings (SSSR count). The summed E-state index contributed by atoms with van der Waals surface area (Å²) in [5, 5.41) is 0. The molecule has 0 radical (unpaired) electrons. The molecule has 3 aliphatic heterocycles. The van der Waals surface area contributed by atoms with Gasteiger partial charge in [-0.2, -0.15) is 0 Å². The maximum absolute atomic E-state index is 12.4. The van der Waals surface area contributed by atoms with Gasteiger partial charge in [-0.1, -0.05) is 13.0 Å². The van der Waals surface area contributed by atoms with Gasteiger partial charge in [0.25, 0.3) is 0 Å². The molecule has 0 saturated carbocycles. The third-order valence-corrected chi connectivity index (χ3v) is 5.99. The maximum Gasteiger partial charge on any atom is 0.231 e. The Morgan fingerprint density at radius 1 is 1.19 bits per heavy atom. The molecular formula is C21H28N2O4. The molecule has 0 bridgehead atoms. The number of hydrogen-bond donors (Lipinski definition) is 0. The van der Waals surface area contributed by atoms with E-state index >= 15 is 0 Å². The Morgan fingerprint density at radius 3 is 2.78 bits per heavy atom. The fourth-order valence-corrected chi connectivity index (χ4v) is 4.44. The highest BCUT2D eigenvalue weighted by molar-refractivity contribution is 5.80. The molecule has 0 aliphatic carbocycles. The second-order valence-electron chi connectivity index (χ2n) is 8.33. The lowest BCUT2D eigenvalue weighted by atomic mass is 9.76. The number of likely N-dealkylation sites (tertiary alicyclic amines) is 2. The second kappa shape index (κ2) is 7.41. The van der Waals surface area contributed by atoms with Gasteiger partial charge in [-0.25, -0.2) is 0 Å². The molecule has 3 aliphatic rings. The highest BCUT2D eigenvalue weighted by Crippen LogP contribution is 2.37. The third kappa shape index (κ3) is 4.04. The average molecular weight is 372 g/mol. The van der Waals surface area contributed by atoms with Crippen LogP contribution in [-0.2, 0) is 16.0 Å². The summed E-state index contributed by atoms with van der Waals surface area (Å²) in [5.41, 5.74) is 1.21. The zero-order chi connectivity index (χ0) is 18.9. The molecule has 2 saturated heterocycles. The lowest BCUT2D eigenvalue weighted by Gasteiger charge is -2.40. The molecule has 6 nitrogen and oxygen atoms in total. The highest BCUT2D eigenvalue weighted by atomic mass is 16.7. The summed E-state index contributed by atoms with van der Waals surface area (Å²) < 4.78 is 10.9. The Kier molecular flexibility index (Phi) is 4.98. The Balaban J connectivity index is 1.36. The number of nitrogens with zero attached hydrogens (tertiary/aromatic N) is 2. The van der Waals surface area contributed by atoms with E-state index < -0.39 is 0 Å². The van der Waals surface area contributed by atoms with Crippen molar-refractivity contribution in [3.63, 3.8) is 0 Å². The first-order valence-electron chi connectivity index (χ1n) is 9.97. The predicted molar refractivity (Wildman–Crippen MR) is 101 cm³/mol. The van der Waals surface area contributed by atoms with E-state index in [1.165, 1.54) is 5.56 Å². The normalized spacial score (nSPS) is 24.6. The number of hydrogen-bond acceptors (Lipinski definition) is 4. The molecule has 1 atom stereocenters. The summed E-state index contributed by atoms with van der Waals surface area (Å²) in [6.07, 6.45) is 4.94. The molecule has 1 aromatic carbocycles. The van der Waals surface area contributed by atoms with Crippen LogP contribution < -0.4 is 9.47 Å². The fourth-order valence-electron chi connectivity index (χ4n) is 4.44. The van der Waals surface area contributed by atoms with Crippen molar-refractivity contribution in [2.24, 2.45) is 5.41 Å². The van der Waals surface area contributed by atoms with Crippen molar-refractivity contribution >= 4 is 11.8 Å². The summed E-state index contributed by atoms with van der Waals surface area (Å²) in [6, 6.07) is 6.09. The van der Waals surface area contributed by atoms with Crippen molar-refractivity contribution in [3.8, 4) is 11.5 Å². The monoisotopic (exact) mass is 372 g/mol. The van der Waals surface area contributed by atoms with Gasteiger partial charge in [0.2, 0.25) is 18.6 Å². The van der Waals surface area contributed by atoms with E-state index in [0.717, 1.165) is 50.3 Å². The van der Waals surface area contributed by atoms with Crippen molar-refractivity contribution in [2.45, 2.75) is 45.4 Å². The first kappa shape index (κ1) is 18.1. The van der Waals surface area contributed by atoms with Gasteiger partial charge in [0, 0.05) is 39.0 Å². The van der Waals surface area contributed by atoms with Crippen LogP contribution in [0.1, 0.15) is 44.6 Å². The number of benzene rings is 1. The Hall–Kier alpha value is -2.24. The molecule has 1 aromatic rings. The molecule has 3 heterocycles. The standard InChI is InChI=1S/C21H28N2O4/c1-21(13-16-4-5-17-18(12-16)27-15-26-17)8-6-19(24)23(14-21)11-7-20(25)22-9-2-3-10-22/h4-5,12H,2-3,6-11,13-15H2,1H3/t21-/m1/s1. The smallest absolute Gasteiger partial charge is 0.231 e. The second-order valence-corrected chi connectivity index (χ2v) is 8.33. The predicted octanol–water partition coefficient (Wildman–Crippen LogP) is 2.60. The van der Waals surface area contributed by atoms with Crippen molar-refractivity contribution in [1.82, 2.24) is 9.80 Å². The van der Waals surface area contributed by atoms with Crippen LogP contribution in [0, 0.1) is 5.41 Å². The first-order valence-corrected chi connectivity index (χ1v) is 9.97. The van der Waals surface area contributed by atoms with Crippen LogP contribution >= 0.6 is 0 Å². The summed E-state index contributed by atoms with van der Waals surface area (Å²) in [5.74, 6) is 1.96. The molecule has 27 heavy (non-hydrogen) atoms. The van der Waals surface area contributed by atoms with Crippen LogP contribution in [-0.4, -0.2) is 54.6 Å². The van der Waals surface area contributed by atoms with E-state index in [9.17, 15) is 9.59 Å². The van der Waals surface area contributed by atoms with E-state index in [-0.39, 0.29) is 24.0 Å². The van der Waals surface area contributed by atoms with Crippen LogP contribution in [0.15, 0.2) is 18.2 Å². The lowest BCUT2D eigenvalue weighted by molar-refractivity contribution is -0.138. The van der Waals surface area contributed by atoms with E-state index in [0.29, 0.717) is 25.9 Å². The Labute approximate surface area is 160 Å². The number of ether oxygens (including phenoxy) is 2. The molecule has 6 heteroatoms. The SMILES string of the molecule is C[C@]1(Cc2ccc3c(c2)OCO3)CCC(=O)N(CCC(=O)N2CCCC2)C1. The van der Waals surface area contributed by atoms with E-state index in [2.05, 4.69) is 13.0 Å². The molecule has 2 amide bonds. The Bertz CT molecular complexity index is 729. The minimum absolute atomic E-state index is 0.0122. The quantitative estimate of drug-likeness (QED) is 0.797. The number of carbonyl (C=O) groups is 2. The summed E-state index contributed by atoms with van der Waals surface area (Å²) in [6.45, 7) is 5.49. The molecule has 0 unspecified atom stereocenters. The van der Waals surface area contributed by atoms with Gasteiger partial charge in [0.15, 0.2) is 11.5 Å². The Morgan fingerprint density at radius 2 is 1.96 bits per heavy atom. The van der Waals surface area contributed by atoms with Crippen LogP contribution in [0.3, 0.4) is 0 Å². The molecule has 0 N–H and O–H groups in total. The largest absolute Gasteiger partial charge is 0.454 e. The van der Waals surface area contributed by atoms with Crippen molar-refractivity contribution in [1.29, 1.82) is 0 Å². The number of amides is 2. The van der Waals surface area contributed by atoms with E-state index in [1.54, 1.807) is 0 Å². The van der Waals surface area contributed by atoms with Crippen molar-refractivity contribution < 1.29 is 19.1 Å². The molecule has 0 aromatic heterocycles. The van der Waals surface area contributed by atoms with Gasteiger partial charge < -0.3 is 19.3 Å². The maximum atomic E-state index is 12.4. The topological polar surface area (TPSA) is 59.1 Å². The van der Waals surface area contributed by atoms with Crippen molar-refractivity contribution in [2.75, 3.05) is 33.0 Å². The summed E-state index contributed by atoms with van der Waals surface area (Å²) >= 11 is 0. The minimum atomic E-state index is 0.0122. The highest BCUT2D eigenvalue weighted by Gasteiger charge is 2.35. The fraction of sp³-hybridized carbons (Fsp3) is 0.619. The first-order chi connectivity index (χ1) is 13.0. The van der Waals surface area contributed by atoms with Crippen LogP contribution in [0.25, 0.3) is 0 Å². The molecule has 2 fully saturated rings. The number of carbonyl (C=O) groups excluding carboxylic acids is 2. The van der Waals surface area contributed by atoms with Crippen LogP contribution in [0.5, 0.6) is 11.5 Å². The van der Waals surface area contributed by atoms with Gasteiger partial charge in [-0.15, -0.1) is 0 Å². The van der Waals surface area contributed by atoms with Gasteiger partial charge in [-0.05, 0) is 48.8 Å². The van der Waals surface area contributed by atoms with Gasteiger partial charge in [-0.3, -0.25) is 9.59 Å². The number of fused-ring (bicyclic) bond motifs is 1. The van der Waals surface area contributed by atoms with Gasteiger partial charge in [0.1, 0.15) is 0 Å². The van der Waals surface area contributed by atoms with Crippen molar-refractivity contribution in [3.05, 3.63) is 23.8 Å². The van der Waals surface area contributed by atoms with Gasteiger partial charge >= 0.3 is 0 Å². The van der Waals surface area contributed by atoms with Gasteiger partial charge in [0.05, 0.1) is 0 Å². The average Bonchev–Trinajstić information content (AvgIpc) is 3.33. The molecule has 0 spiro atoms. The van der Waals surface area contributed by atoms with Crippen LogP contribution in [0.4, 0.5) is 0 Å². The molecule has 146 valence electrons. The minimum Gasteiger partial charge on any atom is -0.454 e. The third-order valence-electron chi connectivity index (χ3n) is 5.99. The zero-order valence-corrected chi connectivity index (χ0v) is 16.0. The summed E-state index contributed by atoms with van der Waals surface area (Å²) in [7, 11) is 0. The molecular weight excluding hydrogens is 344 g/mol. The lowest BCUT2D eigenvalue weighted by Crippen LogP contribution is -2.47. The number of rotatable bonds is 5. The number of piperidine rings is 1. The van der Waals surface area contributed by atoms with Crippen LogP contribution in [0.2, 0.25) is 0 Å². The zero-order valence-electron chi connectivity index (χ0n) is 16.0.